The van der Waals surface area contributed by atoms with E-state index in [0.717, 1.165) is 0 Å². The summed E-state index contributed by atoms with van der Waals surface area (Å²) in [6.45, 7) is 4.69. The van der Waals surface area contributed by atoms with Crippen molar-refractivity contribution in [3.05, 3.63) is 36.1 Å². The highest BCUT2D eigenvalue weighted by atomic mass is 16.5. The minimum atomic E-state index is -0.881. The molecular weight excluding hydrogens is 312 g/mol. The predicted molar refractivity (Wildman–Crippen MR) is 87.5 cm³/mol. The number of carbonyl (C=O) groups excluding carboxylic acids is 1. The van der Waals surface area contributed by atoms with Crippen molar-refractivity contribution in [1.82, 2.24) is 0 Å². The monoisotopic (exact) mass is 334 g/mol. The number of carbonyl (C=O) groups is 1. The average molecular weight is 334 g/mol. The van der Waals surface area contributed by atoms with Crippen molar-refractivity contribution < 1.29 is 29.3 Å². The molecule has 0 saturated heterocycles. The van der Waals surface area contributed by atoms with Crippen LogP contribution in [0.2, 0.25) is 0 Å². The highest BCUT2D eigenvalue weighted by Gasteiger charge is 2.23. The smallest absolute Gasteiger partial charge is 0.303 e. The molecule has 1 aromatic heterocycles. The molecular formula is C18H22O6. The van der Waals surface area contributed by atoms with Gasteiger partial charge in [-0.05, 0) is 51.0 Å². The van der Waals surface area contributed by atoms with Crippen molar-refractivity contribution in [2.24, 2.45) is 0 Å². The Balaban J connectivity index is 2.27. The molecule has 0 bridgehead atoms. The number of aliphatic hydroxyl groups is 1. The van der Waals surface area contributed by atoms with Gasteiger partial charge in [0.05, 0.1) is 17.4 Å². The zero-order valence-corrected chi connectivity index (χ0v) is 13.9. The Labute approximate surface area is 140 Å². The Morgan fingerprint density at radius 2 is 2.00 bits per heavy atom. The number of hydrogen-bond acceptors (Lipinski definition) is 6. The number of esters is 1. The first-order valence-corrected chi connectivity index (χ1v) is 7.66. The SMILES string of the molecule is CC(=O)OC(CCC(C)(C)O)c1coc(-c2cc(O)ccc2O)c1. The highest BCUT2D eigenvalue weighted by Crippen LogP contribution is 2.36. The van der Waals surface area contributed by atoms with Crippen molar-refractivity contribution >= 4 is 5.97 Å². The molecule has 24 heavy (non-hydrogen) atoms. The van der Waals surface area contributed by atoms with E-state index in [1.165, 1.54) is 31.4 Å². The van der Waals surface area contributed by atoms with E-state index >= 15 is 0 Å². The quantitative estimate of drug-likeness (QED) is 0.552. The van der Waals surface area contributed by atoms with Crippen molar-refractivity contribution in [1.29, 1.82) is 0 Å². The largest absolute Gasteiger partial charge is 0.508 e. The molecule has 130 valence electrons. The third-order valence-electron chi connectivity index (χ3n) is 3.56. The van der Waals surface area contributed by atoms with Gasteiger partial charge in [-0.1, -0.05) is 0 Å². The van der Waals surface area contributed by atoms with Crippen LogP contribution in [0.4, 0.5) is 0 Å². The van der Waals surface area contributed by atoms with E-state index in [9.17, 15) is 20.1 Å². The van der Waals surface area contributed by atoms with Crippen LogP contribution in [0.15, 0.2) is 34.9 Å². The molecule has 6 nitrogen and oxygen atoms in total. The van der Waals surface area contributed by atoms with E-state index in [0.29, 0.717) is 29.7 Å². The number of furan rings is 1. The maximum atomic E-state index is 11.3. The van der Waals surface area contributed by atoms with Crippen LogP contribution in [-0.2, 0) is 9.53 Å². The van der Waals surface area contributed by atoms with Crippen LogP contribution < -0.4 is 0 Å². The van der Waals surface area contributed by atoms with E-state index in [-0.39, 0.29) is 11.5 Å². The minimum absolute atomic E-state index is 0.000633. The second kappa shape index (κ2) is 6.97. The molecule has 1 atom stereocenters. The van der Waals surface area contributed by atoms with Gasteiger partial charge in [0.1, 0.15) is 23.4 Å². The van der Waals surface area contributed by atoms with E-state index in [1.54, 1.807) is 19.9 Å². The van der Waals surface area contributed by atoms with Crippen molar-refractivity contribution in [3.8, 4) is 22.8 Å². The highest BCUT2D eigenvalue weighted by molar-refractivity contribution is 5.68. The summed E-state index contributed by atoms with van der Waals surface area (Å²) in [4.78, 5) is 11.3. The van der Waals surface area contributed by atoms with E-state index in [4.69, 9.17) is 9.15 Å². The zero-order chi connectivity index (χ0) is 17.9. The fraction of sp³-hybridized carbons (Fsp3) is 0.389. The van der Waals surface area contributed by atoms with Crippen LogP contribution in [0.1, 0.15) is 45.3 Å². The van der Waals surface area contributed by atoms with Gasteiger partial charge >= 0.3 is 5.97 Å². The molecule has 1 aromatic carbocycles. The van der Waals surface area contributed by atoms with Gasteiger partial charge in [-0.3, -0.25) is 4.79 Å². The molecule has 0 amide bonds. The third-order valence-corrected chi connectivity index (χ3v) is 3.56. The second-order valence-electron chi connectivity index (χ2n) is 6.39. The number of ether oxygens (including phenoxy) is 1. The lowest BCUT2D eigenvalue weighted by molar-refractivity contribution is -0.147. The zero-order valence-electron chi connectivity index (χ0n) is 13.9. The molecule has 0 fully saturated rings. The van der Waals surface area contributed by atoms with Gasteiger partial charge in [0, 0.05) is 12.5 Å². The molecule has 1 heterocycles. The summed E-state index contributed by atoms with van der Waals surface area (Å²) in [5.41, 5.74) is 0.0755. The first kappa shape index (κ1) is 17.9. The topological polar surface area (TPSA) is 100 Å². The molecule has 0 aliphatic rings. The van der Waals surface area contributed by atoms with E-state index in [2.05, 4.69) is 0 Å². The number of hydrogen-bond donors (Lipinski definition) is 3. The average Bonchev–Trinajstić information content (AvgIpc) is 2.94. The van der Waals surface area contributed by atoms with Crippen LogP contribution in [0.25, 0.3) is 11.3 Å². The molecule has 1 unspecified atom stereocenters. The number of phenolic OH excluding ortho intramolecular Hbond substituents is 2. The lowest BCUT2D eigenvalue weighted by Crippen LogP contribution is -2.20. The molecule has 0 saturated carbocycles. The van der Waals surface area contributed by atoms with Crippen LogP contribution in [0.3, 0.4) is 0 Å². The molecule has 0 aliphatic heterocycles. The van der Waals surface area contributed by atoms with Crippen LogP contribution in [-0.4, -0.2) is 26.9 Å². The summed E-state index contributed by atoms with van der Waals surface area (Å²) in [5, 5.41) is 29.3. The van der Waals surface area contributed by atoms with Gasteiger partial charge in [0.25, 0.3) is 0 Å². The Hall–Kier alpha value is -2.47. The summed E-state index contributed by atoms with van der Waals surface area (Å²) in [6.07, 6.45) is 1.74. The molecule has 2 aromatic rings. The summed E-state index contributed by atoms with van der Waals surface area (Å²) in [7, 11) is 0. The van der Waals surface area contributed by atoms with Gasteiger partial charge in [-0.2, -0.15) is 0 Å². The summed E-state index contributed by atoms with van der Waals surface area (Å²) >= 11 is 0. The summed E-state index contributed by atoms with van der Waals surface area (Å²) < 4.78 is 10.8. The third kappa shape index (κ3) is 4.76. The fourth-order valence-corrected chi connectivity index (χ4v) is 2.36. The van der Waals surface area contributed by atoms with Crippen LogP contribution in [0, 0.1) is 0 Å². The Bertz CT molecular complexity index is 711. The van der Waals surface area contributed by atoms with Crippen molar-refractivity contribution in [2.75, 3.05) is 0 Å². The number of aromatic hydroxyl groups is 2. The predicted octanol–water partition coefficient (Wildman–Crippen LogP) is 3.51. The van der Waals surface area contributed by atoms with Crippen molar-refractivity contribution in [2.45, 2.75) is 45.3 Å². The number of phenols is 2. The molecule has 0 aliphatic carbocycles. The first-order chi connectivity index (χ1) is 11.2. The lowest BCUT2D eigenvalue weighted by Gasteiger charge is -2.21. The van der Waals surface area contributed by atoms with Crippen molar-refractivity contribution in [3.63, 3.8) is 0 Å². The molecule has 0 radical (unpaired) electrons. The lowest BCUT2D eigenvalue weighted by atomic mass is 9.97. The Morgan fingerprint density at radius 1 is 1.29 bits per heavy atom. The van der Waals surface area contributed by atoms with Crippen LogP contribution in [0.5, 0.6) is 11.5 Å². The number of rotatable bonds is 6. The van der Waals surface area contributed by atoms with Gasteiger partial charge in [0.2, 0.25) is 0 Å². The van der Waals surface area contributed by atoms with E-state index in [1.807, 2.05) is 0 Å². The first-order valence-electron chi connectivity index (χ1n) is 7.66. The Kier molecular flexibility index (Phi) is 5.19. The molecule has 3 N–H and O–H groups in total. The summed E-state index contributed by atoms with van der Waals surface area (Å²) in [6, 6.07) is 5.76. The normalized spacial score (nSPS) is 12.8. The number of benzene rings is 1. The fourth-order valence-electron chi connectivity index (χ4n) is 2.36. The maximum absolute atomic E-state index is 11.3. The van der Waals surface area contributed by atoms with Gasteiger partial charge < -0.3 is 24.5 Å². The standard InChI is InChI=1S/C18H22O6/c1-11(19)24-16(6-7-18(2,3)22)12-8-17(23-10-12)14-9-13(20)4-5-15(14)21/h4-5,8-10,16,20-22H,6-7H2,1-3H3. The minimum Gasteiger partial charge on any atom is -0.508 e. The van der Waals surface area contributed by atoms with Gasteiger partial charge in [-0.25, -0.2) is 0 Å². The Morgan fingerprint density at radius 3 is 2.62 bits per heavy atom. The van der Waals surface area contributed by atoms with E-state index < -0.39 is 17.7 Å². The summed E-state index contributed by atoms with van der Waals surface area (Å²) in [5.74, 6) is -0.119. The maximum Gasteiger partial charge on any atom is 0.303 e. The van der Waals surface area contributed by atoms with Gasteiger partial charge in [0.15, 0.2) is 0 Å². The van der Waals surface area contributed by atoms with Gasteiger partial charge in [-0.15, -0.1) is 0 Å². The molecule has 2 rings (SSSR count). The van der Waals surface area contributed by atoms with Crippen LogP contribution >= 0.6 is 0 Å². The molecule has 0 spiro atoms. The second-order valence-corrected chi connectivity index (χ2v) is 6.39. The molecule has 6 heteroatoms.